The quantitative estimate of drug-likeness (QED) is 0.796. The van der Waals surface area contributed by atoms with Gasteiger partial charge >= 0.3 is 5.97 Å². The second-order valence-corrected chi connectivity index (χ2v) is 4.63. The summed E-state index contributed by atoms with van der Waals surface area (Å²) in [5.74, 6) is 0.585. The predicted octanol–water partition coefficient (Wildman–Crippen LogP) is 2.69. The van der Waals surface area contributed by atoms with Crippen LogP contribution in [0.25, 0.3) is 0 Å². The molecule has 20 heavy (non-hydrogen) atoms. The van der Waals surface area contributed by atoms with Crippen molar-refractivity contribution in [3.63, 3.8) is 0 Å². The van der Waals surface area contributed by atoms with Crippen molar-refractivity contribution in [2.75, 3.05) is 6.61 Å². The first kappa shape index (κ1) is 14.4. The minimum absolute atomic E-state index is 0.301. The van der Waals surface area contributed by atoms with E-state index in [-0.39, 0.29) is 5.97 Å². The molecule has 0 aliphatic heterocycles. The molecule has 0 aliphatic rings. The van der Waals surface area contributed by atoms with E-state index in [1.54, 1.807) is 13.2 Å². The summed E-state index contributed by atoms with van der Waals surface area (Å²) < 4.78 is 10.3. The van der Waals surface area contributed by atoms with Crippen molar-refractivity contribution < 1.29 is 13.9 Å². The molecule has 0 unspecified atom stereocenters. The van der Waals surface area contributed by atoms with Gasteiger partial charge in [0.1, 0.15) is 11.5 Å². The zero-order chi connectivity index (χ0) is 14.5. The third kappa shape index (κ3) is 3.11. The lowest BCUT2D eigenvalue weighted by molar-refractivity contribution is 0.0519. The summed E-state index contributed by atoms with van der Waals surface area (Å²) in [7, 11) is 0. The Hall–Kier alpha value is -2.01. The van der Waals surface area contributed by atoms with Crippen LogP contribution in [0.15, 0.2) is 22.8 Å². The van der Waals surface area contributed by atoms with Crippen LogP contribution in [0.5, 0.6) is 0 Å². The second kappa shape index (κ2) is 6.43. The summed E-state index contributed by atoms with van der Waals surface area (Å²) in [6.45, 7) is 7.40. The molecule has 5 heteroatoms. The zero-order valence-electron chi connectivity index (χ0n) is 12.1. The highest BCUT2D eigenvalue weighted by Gasteiger charge is 2.17. The Morgan fingerprint density at radius 3 is 2.80 bits per heavy atom. The first-order valence-corrected chi connectivity index (χ1v) is 6.71. The Balaban J connectivity index is 2.01. The lowest BCUT2D eigenvalue weighted by Crippen LogP contribution is -2.13. The Kier molecular flexibility index (Phi) is 4.63. The van der Waals surface area contributed by atoms with Gasteiger partial charge in [0.15, 0.2) is 0 Å². The van der Waals surface area contributed by atoms with Crippen molar-refractivity contribution in [3.8, 4) is 0 Å². The van der Waals surface area contributed by atoms with Gasteiger partial charge in [-0.3, -0.25) is 0 Å². The van der Waals surface area contributed by atoms with E-state index in [2.05, 4.69) is 10.3 Å². The molecule has 0 aromatic carbocycles. The number of ether oxygens (including phenoxy) is 1. The van der Waals surface area contributed by atoms with E-state index in [1.807, 2.05) is 26.0 Å². The minimum Gasteiger partial charge on any atom is -0.468 e. The fourth-order valence-electron chi connectivity index (χ4n) is 2.06. The van der Waals surface area contributed by atoms with Crippen LogP contribution >= 0.6 is 0 Å². The number of nitrogens with one attached hydrogen (secondary N) is 2. The van der Waals surface area contributed by atoms with Gasteiger partial charge < -0.3 is 19.5 Å². The highest BCUT2D eigenvalue weighted by atomic mass is 16.5. The SMILES string of the molecule is CCOC(=O)c1[nH]c(CNCc2ccco2)c(C)c1C. The molecule has 2 rings (SSSR count). The Bertz CT molecular complexity index is 570. The molecule has 2 heterocycles. The molecule has 5 nitrogen and oxygen atoms in total. The van der Waals surface area contributed by atoms with Gasteiger partial charge in [-0.1, -0.05) is 0 Å². The van der Waals surface area contributed by atoms with E-state index in [4.69, 9.17) is 9.15 Å². The molecular formula is C15H20N2O3. The average Bonchev–Trinajstić information content (AvgIpc) is 3.02. The van der Waals surface area contributed by atoms with Crippen LogP contribution in [0, 0.1) is 13.8 Å². The van der Waals surface area contributed by atoms with Gasteiger partial charge in [0.25, 0.3) is 0 Å². The van der Waals surface area contributed by atoms with Crippen molar-refractivity contribution in [2.24, 2.45) is 0 Å². The number of carbonyl (C=O) groups is 1. The maximum Gasteiger partial charge on any atom is 0.355 e. The van der Waals surface area contributed by atoms with Crippen LogP contribution in [0.1, 0.15) is 40.0 Å². The van der Waals surface area contributed by atoms with Crippen LogP contribution < -0.4 is 5.32 Å². The predicted molar refractivity (Wildman–Crippen MR) is 75.5 cm³/mol. The Morgan fingerprint density at radius 1 is 1.35 bits per heavy atom. The number of hydrogen-bond acceptors (Lipinski definition) is 4. The lowest BCUT2D eigenvalue weighted by atomic mass is 10.1. The number of aromatic amines is 1. The molecule has 2 N–H and O–H groups in total. The van der Waals surface area contributed by atoms with Crippen LogP contribution in [0.4, 0.5) is 0 Å². The number of carbonyl (C=O) groups excluding carboxylic acids is 1. The van der Waals surface area contributed by atoms with E-state index >= 15 is 0 Å². The van der Waals surface area contributed by atoms with Gasteiger partial charge in [-0.25, -0.2) is 4.79 Å². The maximum atomic E-state index is 11.8. The van der Waals surface area contributed by atoms with Crippen molar-refractivity contribution in [3.05, 3.63) is 46.7 Å². The Labute approximate surface area is 118 Å². The Morgan fingerprint density at radius 2 is 2.15 bits per heavy atom. The van der Waals surface area contributed by atoms with Crippen molar-refractivity contribution >= 4 is 5.97 Å². The number of hydrogen-bond donors (Lipinski definition) is 2. The molecule has 0 spiro atoms. The van der Waals surface area contributed by atoms with Crippen molar-refractivity contribution in [1.82, 2.24) is 10.3 Å². The normalized spacial score (nSPS) is 10.8. The van der Waals surface area contributed by atoms with Gasteiger partial charge in [-0.15, -0.1) is 0 Å². The summed E-state index contributed by atoms with van der Waals surface area (Å²) in [6, 6.07) is 3.78. The third-order valence-corrected chi connectivity index (χ3v) is 3.33. The maximum absolute atomic E-state index is 11.8. The second-order valence-electron chi connectivity index (χ2n) is 4.63. The zero-order valence-corrected chi connectivity index (χ0v) is 12.1. The average molecular weight is 276 g/mol. The molecule has 0 amide bonds. The molecule has 0 aliphatic carbocycles. The number of H-pyrrole nitrogens is 1. The fourth-order valence-corrected chi connectivity index (χ4v) is 2.06. The number of rotatable bonds is 6. The molecular weight excluding hydrogens is 256 g/mol. The number of esters is 1. The van der Waals surface area contributed by atoms with Gasteiger partial charge in [0, 0.05) is 12.2 Å². The van der Waals surface area contributed by atoms with Crippen molar-refractivity contribution in [1.29, 1.82) is 0 Å². The summed E-state index contributed by atoms with van der Waals surface area (Å²) in [4.78, 5) is 14.9. The summed E-state index contributed by atoms with van der Waals surface area (Å²) in [5, 5.41) is 3.28. The third-order valence-electron chi connectivity index (χ3n) is 3.33. The highest BCUT2D eigenvalue weighted by molar-refractivity contribution is 5.89. The monoisotopic (exact) mass is 276 g/mol. The number of furan rings is 1. The van der Waals surface area contributed by atoms with Gasteiger partial charge in [-0.05, 0) is 44.0 Å². The largest absolute Gasteiger partial charge is 0.468 e. The molecule has 0 fully saturated rings. The number of aromatic nitrogens is 1. The van der Waals surface area contributed by atoms with E-state index in [0.29, 0.717) is 25.4 Å². The summed E-state index contributed by atoms with van der Waals surface area (Å²) in [6.07, 6.45) is 1.65. The standard InChI is InChI=1S/C15H20N2O3/c1-4-19-15(18)14-11(3)10(2)13(17-14)9-16-8-12-6-5-7-20-12/h5-7,16-17H,4,8-9H2,1-3H3. The van der Waals surface area contributed by atoms with E-state index in [0.717, 1.165) is 22.6 Å². The van der Waals surface area contributed by atoms with Gasteiger partial charge in [-0.2, -0.15) is 0 Å². The van der Waals surface area contributed by atoms with E-state index in [1.165, 1.54) is 0 Å². The molecule has 0 saturated carbocycles. The first-order chi connectivity index (χ1) is 9.63. The topological polar surface area (TPSA) is 67.3 Å². The summed E-state index contributed by atoms with van der Waals surface area (Å²) >= 11 is 0. The van der Waals surface area contributed by atoms with Crippen LogP contribution in [-0.2, 0) is 17.8 Å². The molecule has 0 bridgehead atoms. The molecule has 0 atom stereocenters. The summed E-state index contributed by atoms with van der Waals surface area (Å²) in [5.41, 5.74) is 3.56. The van der Waals surface area contributed by atoms with Crippen molar-refractivity contribution in [2.45, 2.75) is 33.9 Å². The van der Waals surface area contributed by atoms with Gasteiger partial charge in [0.2, 0.25) is 0 Å². The molecule has 2 aromatic heterocycles. The smallest absolute Gasteiger partial charge is 0.355 e. The molecule has 108 valence electrons. The minimum atomic E-state index is -0.301. The first-order valence-electron chi connectivity index (χ1n) is 6.71. The van der Waals surface area contributed by atoms with Crippen LogP contribution in [0.3, 0.4) is 0 Å². The van der Waals surface area contributed by atoms with Crippen LogP contribution in [0.2, 0.25) is 0 Å². The fraction of sp³-hybridized carbons (Fsp3) is 0.400. The van der Waals surface area contributed by atoms with E-state index in [9.17, 15) is 4.79 Å². The van der Waals surface area contributed by atoms with E-state index < -0.39 is 0 Å². The lowest BCUT2D eigenvalue weighted by Gasteiger charge is -2.02. The molecule has 0 saturated heterocycles. The van der Waals surface area contributed by atoms with Crippen LogP contribution in [-0.4, -0.2) is 17.6 Å². The highest BCUT2D eigenvalue weighted by Crippen LogP contribution is 2.18. The molecule has 2 aromatic rings. The molecule has 0 radical (unpaired) electrons. The van der Waals surface area contributed by atoms with Gasteiger partial charge in [0.05, 0.1) is 19.4 Å².